The van der Waals surface area contributed by atoms with E-state index in [0.29, 0.717) is 16.9 Å². The Morgan fingerprint density at radius 1 is 1.06 bits per heavy atom. The van der Waals surface area contributed by atoms with Gasteiger partial charge < -0.3 is 5.32 Å². The number of rotatable bonds is 8. The minimum atomic E-state index is -3.49. The van der Waals surface area contributed by atoms with Crippen LogP contribution < -0.4 is 10.0 Å². The molecule has 1 aromatic heterocycles. The Balaban J connectivity index is 1.55. The summed E-state index contributed by atoms with van der Waals surface area (Å²) in [7, 11) is -3.49. The Bertz CT molecular complexity index is 1280. The highest BCUT2D eigenvalue weighted by atomic mass is 32.2. The standard InChI is InChI=1S/C25H29FN4O3S/c1-17(2)29-34(32,33)16-19-8-4-3-7-18(19)15-27-25(31)24-22-9-5-6-10-23(22)30(28-24)21-13-11-20(26)12-14-21/h3-4,7-8,11-14,17,29H,5-6,9-10,15-16H2,1-2H3,(H,27,31). The van der Waals surface area contributed by atoms with Crippen molar-refractivity contribution in [3.8, 4) is 5.69 Å². The number of nitrogens with zero attached hydrogens (tertiary/aromatic N) is 2. The third-order valence-electron chi connectivity index (χ3n) is 5.79. The summed E-state index contributed by atoms with van der Waals surface area (Å²) in [6.45, 7) is 3.73. The summed E-state index contributed by atoms with van der Waals surface area (Å²) < 4.78 is 42.5. The first-order chi connectivity index (χ1) is 16.2. The third-order valence-corrected chi connectivity index (χ3v) is 7.31. The number of nitrogens with one attached hydrogen (secondary N) is 2. The van der Waals surface area contributed by atoms with Crippen molar-refractivity contribution >= 4 is 15.9 Å². The van der Waals surface area contributed by atoms with E-state index in [2.05, 4.69) is 15.1 Å². The third kappa shape index (κ3) is 5.53. The lowest BCUT2D eigenvalue weighted by atomic mass is 9.95. The second kappa shape index (κ2) is 10.1. The highest BCUT2D eigenvalue weighted by molar-refractivity contribution is 7.88. The minimum Gasteiger partial charge on any atom is -0.347 e. The fraction of sp³-hybridized carbons (Fsp3) is 0.360. The van der Waals surface area contributed by atoms with Crippen molar-refractivity contribution in [3.05, 3.63) is 82.4 Å². The maximum Gasteiger partial charge on any atom is 0.272 e. The summed E-state index contributed by atoms with van der Waals surface area (Å²) in [6, 6.07) is 13.0. The molecule has 0 bridgehead atoms. The van der Waals surface area contributed by atoms with Crippen molar-refractivity contribution in [1.82, 2.24) is 19.8 Å². The largest absolute Gasteiger partial charge is 0.347 e. The van der Waals surface area contributed by atoms with E-state index >= 15 is 0 Å². The summed E-state index contributed by atoms with van der Waals surface area (Å²) in [5.74, 6) is -0.796. The maximum absolute atomic E-state index is 13.4. The smallest absolute Gasteiger partial charge is 0.272 e. The lowest BCUT2D eigenvalue weighted by molar-refractivity contribution is 0.0944. The summed E-state index contributed by atoms with van der Waals surface area (Å²) in [4.78, 5) is 13.2. The molecule has 0 saturated carbocycles. The maximum atomic E-state index is 13.4. The molecule has 1 amide bonds. The van der Waals surface area contributed by atoms with Crippen molar-refractivity contribution in [1.29, 1.82) is 0 Å². The number of sulfonamides is 1. The number of benzene rings is 2. The van der Waals surface area contributed by atoms with E-state index in [1.807, 2.05) is 12.1 Å². The highest BCUT2D eigenvalue weighted by Crippen LogP contribution is 2.27. The zero-order valence-electron chi connectivity index (χ0n) is 19.3. The van der Waals surface area contributed by atoms with E-state index in [-0.39, 0.29) is 30.1 Å². The van der Waals surface area contributed by atoms with Gasteiger partial charge in [0, 0.05) is 23.8 Å². The van der Waals surface area contributed by atoms with Crippen molar-refractivity contribution in [2.45, 2.75) is 57.9 Å². The molecule has 0 radical (unpaired) electrons. The SMILES string of the molecule is CC(C)NS(=O)(=O)Cc1ccccc1CNC(=O)c1nn(-c2ccc(F)cc2)c2c1CCCC2. The van der Waals surface area contributed by atoms with E-state index in [9.17, 15) is 17.6 Å². The molecule has 0 fully saturated rings. The first-order valence-electron chi connectivity index (χ1n) is 11.4. The van der Waals surface area contributed by atoms with Gasteiger partial charge >= 0.3 is 0 Å². The summed E-state index contributed by atoms with van der Waals surface area (Å²) in [5, 5.41) is 7.51. The molecule has 34 heavy (non-hydrogen) atoms. The van der Waals surface area contributed by atoms with Crippen molar-refractivity contribution in [2.24, 2.45) is 0 Å². The van der Waals surface area contributed by atoms with Gasteiger partial charge in [-0.05, 0) is 74.9 Å². The van der Waals surface area contributed by atoms with Crippen LogP contribution in [0.3, 0.4) is 0 Å². The monoisotopic (exact) mass is 484 g/mol. The molecule has 1 heterocycles. The van der Waals surface area contributed by atoms with E-state index < -0.39 is 10.0 Å². The number of hydrogen-bond donors (Lipinski definition) is 2. The molecule has 3 aromatic rings. The minimum absolute atomic E-state index is 0.161. The summed E-state index contributed by atoms with van der Waals surface area (Å²) in [6.07, 6.45) is 3.55. The molecule has 2 N–H and O–H groups in total. The van der Waals surface area contributed by atoms with Crippen LogP contribution in [0.2, 0.25) is 0 Å². The molecule has 0 spiro atoms. The van der Waals surface area contributed by atoms with Gasteiger partial charge in [-0.3, -0.25) is 4.79 Å². The zero-order chi connectivity index (χ0) is 24.3. The van der Waals surface area contributed by atoms with Gasteiger partial charge in [0.1, 0.15) is 5.82 Å². The van der Waals surface area contributed by atoms with Gasteiger partial charge in [0.2, 0.25) is 10.0 Å². The normalized spacial score (nSPS) is 13.6. The Morgan fingerprint density at radius 2 is 1.74 bits per heavy atom. The van der Waals surface area contributed by atoms with Gasteiger partial charge in [-0.1, -0.05) is 24.3 Å². The van der Waals surface area contributed by atoms with E-state index in [1.165, 1.54) is 12.1 Å². The predicted molar refractivity (Wildman–Crippen MR) is 129 cm³/mol. The first-order valence-corrected chi connectivity index (χ1v) is 13.1. The number of halogens is 1. The Labute approximate surface area is 199 Å². The van der Waals surface area contributed by atoms with Crippen LogP contribution in [-0.4, -0.2) is 30.1 Å². The highest BCUT2D eigenvalue weighted by Gasteiger charge is 2.26. The topological polar surface area (TPSA) is 93.1 Å². The average molecular weight is 485 g/mol. The van der Waals surface area contributed by atoms with Crippen molar-refractivity contribution in [2.75, 3.05) is 0 Å². The van der Waals surface area contributed by atoms with Crippen LogP contribution >= 0.6 is 0 Å². The number of hydrogen-bond acceptors (Lipinski definition) is 4. The zero-order valence-corrected chi connectivity index (χ0v) is 20.2. The van der Waals surface area contributed by atoms with Gasteiger partial charge in [-0.25, -0.2) is 22.2 Å². The van der Waals surface area contributed by atoms with Crippen LogP contribution in [0.25, 0.3) is 5.69 Å². The summed E-state index contributed by atoms with van der Waals surface area (Å²) in [5.41, 5.74) is 4.35. The van der Waals surface area contributed by atoms with E-state index in [1.54, 1.807) is 42.8 Å². The molecule has 4 rings (SSSR count). The molecule has 0 unspecified atom stereocenters. The van der Waals surface area contributed by atoms with Gasteiger partial charge in [0.15, 0.2) is 5.69 Å². The Hall–Kier alpha value is -3.04. The van der Waals surface area contributed by atoms with Gasteiger partial charge in [0.25, 0.3) is 5.91 Å². The molecule has 7 nitrogen and oxygen atoms in total. The Morgan fingerprint density at radius 3 is 2.44 bits per heavy atom. The van der Waals surface area contributed by atoms with Crippen LogP contribution in [0.1, 0.15) is 59.6 Å². The number of carbonyl (C=O) groups excluding carboxylic acids is 1. The lowest BCUT2D eigenvalue weighted by Crippen LogP contribution is -2.32. The molecule has 1 aliphatic rings. The van der Waals surface area contributed by atoms with Crippen LogP contribution in [-0.2, 0) is 35.2 Å². The quantitative estimate of drug-likeness (QED) is 0.511. The van der Waals surface area contributed by atoms with Gasteiger partial charge in [-0.15, -0.1) is 0 Å². The lowest BCUT2D eigenvalue weighted by Gasteiger charge is -2.14. The van der Waals surface area contributed by atoms with Crippen molar-refractivity contribution < 1.29 is 17.6 Å². The van der Waals surface area contributed by atoms with Crippen LogP contribution in [0.5, 0.6) is 0 Å². The molecule has 0 saturated heterocycles. The van der Waals surface area contributed by atoms with E-state index in [4.69, 9.17) is 0 Å². The molecular weight excluding hydrogens is 455 g/mol. The van der Waals surface area contributed by atoms with Crippen LogP contribution in [0.15, 0.2) is 48.5 Å². The average Bonchev–Trinajstić information content (AvgIpc) is 3.17. The van der Waals surface area contributed by atoms with Crippen LogP contribution in [0.4, 0.5) is 4.39 Å². The van der Waals surface area contributed by atoms with Crippen molar-refractivity contribution in [3.63, 3.8) is 0 Å². The fourth-order valence-electron chi connectivity index (χ4n) is 4.31. The van der Waals surface area contributed by atoms with Gasteiger partial charge in [-0.2, -0.15) is 5.10 Å². The molecule has 2 aromatic carbocycles. The molecular formula is C25H29FN4O3S. The molecule has 0 atom stereocenters. The summed E-state index contributed by atoms with van der Waals surface area (Å²) >= 11 is 0. The second-order valence-corrected chi connectivity index (χ2v) is 10.6. The molecule has 9 heteroatoms. The molecule has 0 aliphatic heterocycles. The molecule has 1 aliphatic carbocycles. The molecule has 180 valence electrons. The predicted octanol–water partition coefficient (Wildman–Crippen LogP) is 3.65. The number of carbonyl (C=O) groups is 1. The number of amides is 1. The number of aromatic nitrogens is 2. The van der Waals surface area contributed by atoms with E-state index in [0.717, 1.165) is 42.5 Å². The first kappa shape index (κ1) is 24.1. The van der Waals surface area contributed by atoms with Gasteiger partial charge in [0.05, 0.1) is 11.4 Å². The Kier molecular flexibility index (Phi) is 7.13. The second-order valence-electron chi connectivity index (χ2n) is 8.85. The number of fused-ring (bicyclic) bond motifs is 1. The van der Waals surface area contributed by atoms with Crippen LogP contribution in [0, 0.1) is 5.82 Å². The fourth-order valence-corrected chi connectivity index (χ4v) is 5.81.